The van der Waals surface area contributed by atoms with E-state index >= 15 is 0 Å². The van der Waals surface area contributed by atoms with Gasteiger partial charge in [0.2, 0.25) is 11.7 Å². The smallest absolute Gasteiger partial charge is 0.250 e. The fraction of sp³-hybridized carbons (Fsp3) is 0.414. The first-order valence-electron chi connectivity index (χ1n) is 13.6. The van der Waals surface area contributed by atoms with E-state index in [1.165, 1.54) is 16.0 Å². The molecule has 5 rings (SSSR count). The highest BCUT2D eigenvalue weighted by molar-refractivity contribution is 5.88. The van der Waals surface area contributed by atoms with Crippen LogP contribution in [0.4, 0.5) is 0 Å². The number of methoxy groups -OCH3 is 2. The Morgan fingerprint density at radius 3 is 2.59 bits per heavy atom. The second-order valence-electron chi connectivity index (χ2n) is 10.0. The van der Waals surface area contributed by atoms with Crippen LogP contribution in [0.25, 0.3) is 11.4 Å². The summed E-state index contributed by atoms with van der Waals surface area (Å²) in [4.78, 5) is 30.3. The van der Waals surface area contributed by atoms with Crippen LogP contribution in [0.15, 0.2) is 57.6 Å². The number of ether oxygens (including phenoxy) is 2. The maximum absolute atomic E-state index is 13.9. The van der Waals surface area contributed by atoms with Gasteiger partial charge in [-0.3, -0.25) is 9.59 Å². The lowest BCUT2D eigenvalue weighted by Gasteiger charge is -2.31. The van der Waals surface area contributed by atoms with Crippen LogP contribution in [0.2, 0.25) is 0 Å². The van der Waals surface area contributed by atoms with Crippen molar-refractivity contribution >= 4 is 11.8 Å². The number of nitrogens with zero attached hydrogens (tertiary/aromatic N) is 5. The Morgan fingerprint density at radius 2 is 1.90 bits per heavy atom. The average Bonchev–Trinajstić information content (AvgIpc) is 3.76. The molecule has 3 aromatic heterocycles. The number of amides is 2. The summed E-state index contributed by atoms with van der Waals surface area (Å²) in [5.74, 6) is 2.21. The number of benzene rings is 1. The number of carbonyl (C=O) groups is 2. The van der Waals surface area contributed by atoms with Crippen LogP contribution in [0, 0.1) is 6.92 Å². The van der Waals surface area contributed by atoms with Gasteiger partial charge in [-0.05, 0) is 67.4 Å². The predicted molar refractivity (Wildman–Crippen MR) is 147 cm³/mol. The van der Waals surface area contributed by atoms with Crippen LogP contribution in [-0.2, 0) is 22.7 Å². The first kappa shape index (κ1) is 27.9. The third-order valence-electron chi connectivity index (χ3n) is 7.14. The number of nitrogens with one attached hydrogen (secondary N) is 1. The number of tetrazole rings is 1. The Morgan fingerprint density at radius 1 is 1.10 bits per heavy atom. The average molecular weight is 563 g/mol. The van der Waals surface area contributed by atoms with Crippen LogP contribution in [0.5, 0.6) is 11.5 Å². The van der Waals surface area contributed by atoms with Gasteiger partial charge in [-0.1, -0.05) is 19.3 Å². The fourth-order valence-electron chi connectivity index (χ4n) is 5.06. The van der Waals surface area contributed by atoms with Gasteiger partial charge in [0, 0.05) is 11.6 Å². The Bertz CT molecular complexity index is 1460. The van der Waals surface area contributed by atoms with Gasteiger partial charge in [0.15, 0.2) is 17.5 Å². The van der Waals surface area contributed by atoms with E-state index in [9.17, 15) is 9.59 Å². The molecule has 2 amide bonds. The van der Waals surface area contributed by atoms with Gasteiger partial charge in [-0.2, -0.15) is 4.80 Å². The van der Waals surface area contributed by atoms with E-state index in [0.29, 0.717) is 40.2 Å². The number of hydrogen-bond donors (Lipinski definition) is 1. The first-order valence-corrected chi connectivity index (χ1v) is 13.6. The maximum atomic E-state index is 13.9. The minimum atomic E-state index is -1.02. The molecule has 12 heteroatoms. The lowest BCUT2D eigenvalue weighted by atomic mass is 9.95. The molecule has 3 heterocycles. The van der Waals surface area contributed by atoms with Crippen molar-refractivity contribution in [1.29, 1.82) is 0 Å². The predicted octanol–water partition coefficient (Wildman–Crippen LogP) is 4.07. The standard InChI is InChI=1S/C29H34N6O6/c1-19-11-13-24(41-19)27(29(37)30-21-8-5-4-6-9-21)34(17-22-10-7-15-40-22)26(36)18-35-32-28(31-33-35)20-12-14-23(38-2)25(16-20)39-3/h7,10-16,21,27H,4-6,8-9,17-18H2,1-3H3,(H,30,37)/t27-/m1/s1. The highest BCUT2D eigenvalue weighted by Gasteiger charge is 2.36. The summed E-state index contributed by atoms with van der Waals surface area (Å²) in [6.45, 7) is 1.59. The SMILES string of the molecule is COc1ccc(-c2nnn(CC(=O)N(Cc3ccco3)[C@@H](C(=O)NC3CCCCC3)c3ccc(C)o3)n2)cc1OC. The minimum absolute atomic E-state index is 0.0472. The second kappa shape index (κ2) is 12.7. The van der Waals surface area contributed by atoms with Gasteiger partial charge in [0.25, 0.3) is 5.91 Å². The number of furan rings is 2. The monoisotopic (exact) mass is 562 g/mol. The molecule has 1 saturated carbocycles. The van der Waals surface area contributed by atoms with Gasteiger partial charge >= 0.3 is 0 Å². The molecule has 1 atom stereocenters. The summed E-state index contributed by atoms with van der Waals surface area (Å²) < 4.78 is 22.1. The molecular weight excluding hydrogens is 528 g/mol. The van der Waals surface area contributed by atoms with Gasteiger partial charge in [-0.15, -0.1) is 10.2 Å². The van der Waals surface area contributed by atoms with E-state index in [2.05, 4.69) is 20.7 Å². The number of hydrogen-bond acceptors (Lipinski definition) is 9. The summed E-state index contributed by atoms with van der Waals surface area (Å²) >= 11 is 0. The minimum Gasteiger partial charge on any atom is -0.493 e. The molecule has 1 aliphatic carbocycles. The molecule has 1 fully saturated rings. The molecule has 1 N–H and O–H groups in total. The quantitative estimate of drug-likeness (QED) is 0.287. The molecule has 0 radical (unpaired) electrons. The molecule has 216 valence electrons. The van der Waals surface area contributed by atoms with E-state index in [-0.39, 0.29) is 25.0 Å². The van der Waals surface area contributed by atoms with Crippen molar-refractivity contribution in [3.8, 4) is 22.9 Å². The van der Waals surface area contributed by atoms with Crippen LogP contribution in [0.3, 0.4) is 0 Å². The van der Waals surface area contributed by atoms with Crippen molar-refractivity contribution in [3.63, 3.8) is 0 Å². The third-order valence-corrected chi connectivity index (χ3v) is 7.14. The molecule has 0 saturated heterocycles. The summed E-state index contributed by atoms with van der Waals surface area (Å²) in [5.41, 5.74) is 0.643. The lowest BCUT2D eigenvalue weighted by Crippen LogP contribution is -2.47. The van der Waals surface area contributed by atoms with E-state index in [1.807, 2.05) is 0 Å². The Kier molecular flexibility index (Phi) is 8.66. The molecule has 1 aromatic carbocycles. The highest BCUT2D eigenvalue weighted by atomic mass is 16.5. The largest absolute Gasteiger partial charge is 0.493 e. The zero-order valence-electron chi connectivity index (χ0n) is 23.4. The summed E-state index contributed by atoms with van der Waals surface area (Å²) in [6.07, 6.45) is 6.62. The van der Waals surface area contributed by atoms with Crippen molar-refractivity contribution in [2.24, 2.45) is 0 Å². The molecule has 0 bridgehead atoms. The Labute approximate surface area is 237 Å². The Hall–Kier alpha value is -4.61. The number of aromatic nitrogens is 4. The number of aryl methyl sites for hydroxylation is 1. The lowest BCUT2D eigenvalue weighted by molar-refractivity contribution is -0.143. The summed E-state index contributed by atoms with van der Waals surface area (Å²) in [5, 5.41) is 15.8. The normalized spacial score (nSPS) is 14.4. The third kappa shape index (κ3) is 6.59. The van der Waals surface area contributed by atoms with Crippen LogP contribution in [-0.4, -0.2) is 57.2 Å². The van der Waals surface area contributed by atoms with Gasteiger partial charge in [0.1, 0.15) is 23.8 Å². The molecular formula is C29H34N6O6. The van der Waals surface area contributed by atoms with Crippen molar-refractivity contribution in [3.05, 3.63) is 66.0 Å². The van der Waals surface area contributed by atoms with E-state index < -0.39 is 11.9 Å². The maximum Gasteiger partial charge on any atom is 0.250 e. The van der Waals surface area contributed by atoms with E-state index in [4.69, 9.17) is 18.3 Å². The van der Waals surface area contributed by atoms with Crippen molar-refractivity contribution in [1.82, 2.24) is 30.4 Å². The molecule has 0 unspecified atom stereocenters. The van der Waals surface area contributed by atoms with E-state index in [0.717, 1.165) is 32.1 Å². The van der Waals surface area contributed by atoms with Gasteiger partial charge < -0.3 is 28.5 Å². The molecule has 41 heavy (non-hydrogen) atoms. The summed E-state index contributed by atoms with van der Waals surface area (Å²) in [6, 6.07) is 11.3. The molecule has 1 aliphatic rings. The molecule has 0 aliphatic heterocycles. The zero-order chi connectivity index (χ0) is 28.8. The fourth-order valence-corrected chi connectivity index (χ4v) is 5.06. The molecule has 0 spiro atoms. The molecule has 4 aromatic rings. The van der Waals surface area contributed by atoms with Crippen molar-refractivity contribution in [2.45, 2.75) is 64.2 Å². The van der Waals surface area contributed by atoms with Crippen molar-refractivity contribution in [2.75, 3.05) is 14.2 Å². The molecule has 12 nitrogen and oxygen atoms in total. The highest BCUT2D eigenvalue weighted by Crippen LogP contribution is 2.31. The Balaban J connectivity index is 1.42. The number of rotatable bonds is 11. The topological polar surface area (TPSA) is 138 Å². The van der Waals surface area contributed by atoms with Gasteiger partial charge in [0.05, 0.1) is 27.0 Å². The second-order valence-corrected chi connectivity index (χ2v) is 10.0. The van der Waals surface area contributed by atoms with Gasteiger partial charge in [-0.25, -0.2) is 0 Å². The summed E-state index contributed by atoms with van der Waals surface area (Å²) in [7, 11) is 3.10. The van der Waals surface area contributed by atoms with Crippen LogP contribution >= 0.6 is 0 Å². The van der Waals surface area contributed by atoms with Crippen LogP contribution < -0.4 is 14.8 Å². The van der Waals surface area contributed by atoms with Crippen LogP contribution in [0.1, 0.15) is 55.4 Å². The number of carbonyl (C=O) groups excluding carboxylic acids is 2. The van der Waals surface area contributed by atoms with Crippen molar-refractivity contribution < 1.29 is 27.9 Å². The first-order chi connectivity index (χ1) is 19.9. The van der Waals surface area contributed by atoms with E-state index in [1.54, 1.807) is 63.6 Å². The zero-order valence-corrected chi connectivity index (χ0v) is 23.4.